The van der Waals surface area contributed by atoms with Gasteiger partial charge >= 0.3 is 11.9 Å². The van der Waals surface area contributed by atoms with Crippen molar-refractivity contribution in [1.82, 2.24) is 0 Å². The van der Waals surface area contributed by atoms with Crippen molar-refractivity contribution in [3.05, 3.63) is 119 Å². The molecule has 0 amide bonds. The molecule has 4 nitrogen and oxygen atoms in total. The minimum Gasteiger partial charge on any atom is -0.458 e. The number of carbonyl (C=O) groups is 2. The van der Waals surface area contributed by atoms with Crippen LogP contribution in [-0.4, -0.2) is 24.6 Å². The lowest BCUT2D eigenvalue weighted by Crippen LogP contribution is -2.22. The van der Waals surface area contributed by atoms with Gasteiger partial charge in [-0.3, -0.25) is 0 Å². The fraction of sp³-hybridized carbons (Fsp3) is 0.422. The van der Waals surface area contributed by atoms with Crippen LogP contribution in [0, 0.1) is 11.8 Å². The number of benzene rings is 4. The summed E-state index contributed by atoms with van der Waals surface area (Å²) in [6.07, 6.45) is 12.5. The number of hydrogen-bond acceptors (Lipinski definition) is 4. The van der Waals surface area contributed by atoms with Gasteiger partial charge in [0.25, 0.3) is 0 Å². The molecule has 0 bridgehead atoms. The summed E-state index contributed by atoms with van der Waals surface area (Å²) in [6, 6.07) is 32.8. The van der Waals surface area contributed by atoms with Crippen molar-refractivity contribution in [1.29, 1.82) is 0 Å². The van der Waals surface area contributed by atoms with E-state index in [9.17, 15) is 9.59 Å². The van der Waals surface area contributed by atoms with Crippen molar-refractivity contribution < 1.29 is 19.1 Å². The fourth-order valence-corrected chi connectivity index (χ4v) is 7.86. The van der Waals surface area contributed by atoms with Gasteiger partial charge < -0.3 is 9.47 Å². The highest BCUT2D eigenvalue weighted by molar-refractivity contribution is 5.91. The molecule has 0 saturated heterocycles. The van der Waals surface area contributed by atoms with Gasteiger partial charge in [-0.25, -0.2) is 9.59 Å². The molecule has 2 aliphatic rings. The zero-order valence-electron chi connectivity index (χ0n) is 29.5. The summed E-state index contributed by atoms with van der Waals surface area (Å²) in [7, 11) is 0. The first-order chi connectivity index (χ1) is 23.9. The molecule has 4 aromatic carbocycles. The van der Waals surface area contributed by atoms with Gasteiger partial charge in [0.05, 0.1) is 11.1 Å². The van der Waals surface area contributed by atoms with Crippen LogP contribution >= 0.6 is 0 Å². The van der Waals surface area contributed by atoms with Crippen LogP contribution in [0.25, 0.3) is 22.3 Å². The maximum Gasteiger partial charge on any atom is 0.338 e. The molecule has 6 rings (SSSR count). The molecule has 4 heteroatoms. The molecule has 49 heavy (non-hydrogen) atoms. The molecule has 2 saturated carbocycles. The molecular formula is C45H52O4. The minimum absolute atomic E-state index is 0.0154. The van der Waals surface area contributed by atoms with E-state index in [2.05, 4.69) is 62.4 Å². The normalized spacial score (nSPS) is 21.4. The van der Waals surface area contributed by atoms with Crippen LogP contribution < -0.4 is 0 Å². The third-order valence-corrected chi connectivity index (χ3v) is 11.3. The Kier molecular flexibility index (Phi) is 11.7. The second-order valence-corrected chi connectivity index (χ2v) is 14.5. The predicted octanol–water partition coefficient (Wildman–Crippen LogP) is 11.8. The molecule has 1 atom stereocenters. The number of ether oxygens (including phenoxy) is 2. The molecule has 2 aliphatic carbocycles. The molecule has 0 heterocycles. The third kappa shape index (κ3) is 8.90. The number of carbonyl (C=O) groups excluding carboxylic acids is 2. The Labute approximate surface area is 293 Å². The lowest BCUT2D eigenvalue weighted by molar-refractivity contribution is 0.00448. The van der Waals surface area contributed by atoms with E-state index in [4.69, 9.17) is 9.47 Å². The number of rotatable bonds is 11. The van der Waals surface area contributed by atoms with E-state index in [-0.39, 0.29) is 6.61 Å². The largest absolute Gasteiger partial charge is 0.458 e. The standard InChI is InChI=1S/C45H52O4/c1-4-32-6-10-34(11-7-32)36-14-18-38(19-15-36)40-22-26-42(27-23-40)44(46)48-30-31(3)49-45(47)43-28-24-41(25-29-43)39-20-16-37(17-21-39)35-12-8-33(5-2)9-13-35/h14-29,31-35H,4-13,30H2,1-3H3/t31?,32-,33-,34-,35-. The Morgan fingerprint density at radius 2 is 0.878 bits per heavy atom. The lowest BCUT2D eigenvalue weighted by atomic mass is 9.77. The van der Waals surface area contributed by atoms with Crippen LogP contribution in [0.5, 0.6) is 0 Å². The van der Waals surface area contributed by atoms with E-state index in [1.165, 1.54) is 75.3 Å². The molecule has 2 fully saturated rings. The molecule has 0 radical (unpaired) electrons. The van der Waals surface area contributed by atoms with Gasteiger partial charge in [0, 0.05) is 0 Å². The second kappa shape index (κ2) is 16.5. The topological polar surface area (TPSA) is 52.6 Å². The predicted molar refractivity (Wildman–Crippen MR) is 199 cm³/mol. The van der Waals surface area contributed by atoms with Crippen LogP contribution in [0.2, 0.25) is 0 Å². The van der Waals surface area contributed by atoms with Gasteiger partial charge in [0.2, 0.25) is 0 Å². The average Bonchev–Trinajstić information content (AvgIpc) is 3.17. The van der Waals surface area contributed by atoms with E-state index >= 15 is 0 Å². The van der Waals surface area contributed by atoms with Gasteiger partial charge in [-0.05, 0) is 140 Å². The summed E-state index contributed by atoms with van der Waals surface area (Å²) in [5.74, 6) is 2.27. The van der Waals surface area contributed by atoms with Crippen molar-refractivity contribution in [3.63, 3.8) is 0 Å². The van der Waals surface area contributed by atoms with E-state index in [1.807, 2.05) is 24.3 Å². The van der Waals surface area contributed by atoms with E-state index < -0.39 is 18.0 Å². The highest BCUT2D eigenvalue weighted by Gasteiger charge is 2.23. The summed E-state index contributed by atoms with van der Waals surface area (Å²) >= 11 is 0. The van der Waals surface area contributed by atoms with Gasteiger partial charge in [-0.1, -0.05) is 99.5 Å². The van der Waals surface area contributed by atoms with E-state index in [1.54, 1.807) is 31.2 Å². The number of esters is 2. The molecule has 0 N–H and O–H groups in total. The molecule has 4 aromatic rings. The fourth-order valence-electron chi connectivity index (χ4n) is 7.86. The minimum atomic E-state index is -0.578. The first kappa shape index (κ1) is 34.7. The summed E-state index contributed by atoms with van der Waals surface area (Å²) in [5.41, 5.74) is 8.21. The Morgan fingerprint density at radius 1 is 0.531 bits per heavy atom. The van der Waals surface area contributed by atoms with Crippen molar-refractivity contribution in [2.45, 2.75) is 103 Å². The van der Waals surface area contributed by atoms with Crippen LogP contribution in [0.4, 0.5) is 0 Å². The molecule has 1 unspecified atom stereocenters. The van der Waals surface area contributed by atoms with E-state index in [0.717, 1.165) is 34.1 Å². The molecule has 0 aliphatic heterocycles. The van der Waals surface area contributed by atoms with Crippen molar-refractivity contribution in [3.8, 4) is 22.3 Å². The zero-order chi connectivity index (χ0) is 34.2. The summed E-state index contributed by atoms with van der Waals surface area (Å²) in [5, 5.41) is 0. The van der Waals surface area contributed by atoms with Gasteiger partial charge in [0.15, 0.2) is 0 Å². The third-order valence-electron chi connectivity index (χ3n) is 11.3. The maximum atomic E-state index is 12.8. The molecular weight excluding hydrogens is 604 g/mol. The molecule has 256 valence electrons. The average molecular weight is 657 g/mol. The SMILES string of the molecule is CC[C@H]1CC[C@H](c2ccc(-c3ccc(C(=O)OCC(C)OC(=O)c4ccc(-c5ccc([C@H]6CC[C@H](CC)CC6)cc5)cc4)cc3)cc2)CC1. The Balaban J connectivity index is 0.949. The van der Waals surface area contributed by atoms with Gasteiger partial charge in [-0.2, -0.15) is 0 Å². The second-order valence-electron chi connectivity index (χ2n) is 14.5. The quantitative estimate of drug-likeness (QED) is 0.151. The van der Waals surface area contributed by atoms with Gasteiger partial charge in [0.1, 0.15) is 12.7 Å². The lowest BCUT2D eigenvalue weighted by Gasteiger charge is -2.28. The summed E-state index contributed by atoms with van der Waals surface area (Å²) in [4.78, 5) is 25.6. The van der Waals surface area contributed by atoms with Crippen molar-refractivity contribution in [2.24, 2.45) is 11.8 Å². The van der Waals surface area contributed by atoms with Crippen LogP contribution in [0.1, 0.15) is 129 Å². The summed E-state index contributed by atoms with van der Waals surface area (Å²) < 4.78 is 11.1. The Bertz CT molecular complexity index is 1640. The van der Waals surface area contributed by atoms with Crippen molar-refractivity contribution in [2.75, 3.05) is 6.61 Å². The Hall–Kier alpha value is -4.18. The van der Waals surface area contributed by atoms with Crippen LogP contribution in [0.15, 0.2) is 97.1 Å². The van der Waals surface area contributed by atoms with Crippen LogP contribution in [0.3, 0.4) is 0 Å². The summed E-state index contributed by atoms with van der Waals surface area (Å²) in [6.45, 7) is 6.33. The first-order valence-electron chi connectivity index (χ1n) is 18.7. The molecule has 0 aromatic heterocycles. The monoisotopic (exact) mass is 656 g/mol. The maximum absolute atomic E-state index is 12.8. The smallest absolute Gasteiger partial charge is 0.338 e. The van der Waals surface area contributed by atoms with Gasteiger partial charge in [-0.15, -0.1) is 0 Å². The van der Waals surface area contributed by atoms with Crippen LogP contribution in [-0.2, 0) is 9.47 Å². The highest BCUT2D eigenvalue weighted by Crippen LogP contribution is 2.39. The number of hydrogen-bond donors (Lipinski definition) is 0. The zero-order valence-corrected chi connectivity index (χ0v) is 29.5. The van der Waals surface area contributed by atoms with E-state index in [0.29, 0.717) is 23.0 Å². The Morgan fingerprint density at radius 3 is 1.24 bits per heavy atom. The van der Waals surface area contributed by atoms with Crippen molar-refractivity contribution >= 4 is 11.9 Å². The highest BCUT2D eigenvalue weighted by atomic mass is 16.6. The first-order valence-corrected chi connectivity index (χ1v) is 18.7. The molecule has 0 spiro atoms.